The lowest BCUT2D eigenvalue weighted by atomic mass is 10.1. The summed E-state index contributed by atoms with van der Waals surface area (Å²) in [5, 5.41) is 19.9. The molecule has 1 aromatic heterocycles. The normalized spacial score (nSPS) is 11.9. The van der Waals surface area contributed by atoms with Crippen LogP contribution in [0.2, 0.25) is 0 Å². The highest BCUT2D eigenvalue weighted by molar-refractivity contribution is 5.48. The molecule has 0 bridgehead atoms. The quantitative estimate of drug-likeness (QED) is 0.521. The Balaban J connectivity index is 1.74. The van der Waals surface area contributed by atoms with Gasteiger partial charge >= 0.3 is 0 Å². The van der Waals surface area contributed by atoms with Gasteiger partial charge in [-0.05, 0) is 55.7 Å². The van der Waals surface area contributed by atoms with Crippen LogP contribution in [0.1, 0.15) is 25.1 Å². The zero-order valence-corrected chi connectivity index (χ0v) is 16.5. The summed E-state index contributed by atoms with van der Waals surface area (Å²) >= 11 is 0. The number of aromatic nitrogens is 2. The van der Waals surface area contributed by atoms with E-state index < -0.39 is 0 Å². The Labute approximate surface area is 163 Å². The average Bonchev–Trinajstić information content (AvgIpc) is 2.93. The summed E-state index contributed by atoms with van der Waals surface area (Å²) in [6, 6.07) is 15.1. The molecular formula is C21H24N6O. The third kappa shape index (κ3) is 4.88. The van der Waals surface area contributed by atoms with Gasteiger partial charge in [0.05, 0.1) is 22.8 Å². The number of azo groups is 2. The predicted molar refractivity (Wildman–Crippen MR) is 111 cm³/mol. The molecule has 0 saturated heterocycles. The summed E-state index contributed by atoms with van der Waals surface area (Å²) in [5.41, 5.74) is 4.33. The second kappa shape index (κ2) is 8.56. The fraction of sp³-hybridized carbons (Fsp3) is 0.286. The van der Waals surface area contributed by atoms with Crippen molar-refractivity contribution in [2.24, 2.45) is 33.4 Å². The van der Waals surface area contributed by atoms with E-state index in [4.69, 9.17) is 0 Å². The summed E-state index contributed by atoms with van der Waals surface area (Å²) in [4.78, 5) is 12.2. The third-order valence-corrected chi connectivity index (χ3v) is 4.14. The van der Waals surface area contributed by atoms with Gasteiger partial charge in [0.1, 0.15) is 0 Å². The van der Waals surface area contributed by atoms with E-state index >= 15 is 0 Å². The largest absolute Gasteiger partial charge is 0.298 e. The molecule has 28 heavy (non-hydrogen) atoms. The van der Waals surface area contributed by atoms with E-state index in [9.17, 15) is 4.79 Å². The Bertz CT molecular complexity index is 1040. The summed E-state index contributed by atoms with van der Waals surface area (Å²) in [5.74, 6) is 0.408. The van der Waals surface area contributed by atoms with Gasteiger partial charge in [-0.25, -0.2) is 0 Å². The zero-order chi connectivity index (χ0) is 20.1. The molecule has 1 N–H and O–H groups in total. The van der Waals surface area contributed by atoms with Gasteiger partial charge in [0.25, 0.3) is 5.56 Å². The minimum atomic E-state index is -0.178. The maximum absolute atomic E-state index is 12.2. The Hall–Kier alpha value is -3.35. The molecule has 144 valence electrons. The lowest BCUT2D eigenvalue weighted by Crippen LogP contribution is -2.10. The molecule has 3 rings (SSSR count). The van der Waals surface area contributed by atoms with Crippen LogP contribution in [0, 0.1) is 12.8 Å². The molecule has 0 radical (unpaired) electrons. The van der Waals surface area contributed by atoms with E-state index in [1.807, 2.05) is 43.3 Å². The summed E-state index contributed by atoms with van der Waals surface area (Å²) in [7, 11) is 1.68. The van der Waals surface area contributed by atoms with Crippen LogP contribution >= 0.6 is 0 Å². The van der Waals surface area contributed by atoms with Crippen molar-refractivity contribution in [3.63, 3.8) is 0 Å². The first-order chi connectivity index (χ1) is 13.4. The number of hydrogen-bond acceptors (Lipinski definition) is 5. The van der Waals surface area contributed by atoms with Gasteiger partial charge in [-0.2, -0.15) is 15.3 Å². The van der Waals surface area contributed by atoms with Crippen molar-refractivity contribution in [3.8, 4) is 0 Å². The van der Waals surface area contributed by atoms with Crippen LogP contribution in [0.4, 0.5) is 22.7 Å². The number of benzene rings is 2. The monoisotopic (exact) mass is 376 g/mol. The third-order valence-electron chi connectivity index (χ3n) is 4.14. The first kappa shape index (κ1) is 19.4. The lowest BCUT2D eigenvalue weighted by Gasteiger charge is -2.01. The number of hydrogen-bond donors (Lipinski definition) is 1. The number of aryl methyl sites for hydroxylation is 2. The molecule has 0 aliphatic heterocycles. The summed E-state index contributed by atoms with van der Waals surface area (Å²) in [6.45, 7) is 6.22. The molecule has 0 saturated carbocycles. The Kier molecular flexibility index (Phi) is 5.93. The summed E-state index contributed by atoms with van der Waals surface area (Å²) < 4.78 is 1.43. The van der Waals surface area contributed by atoms with Gasteiger partial charge in [-0.1, -0.05) is 31.5 Å². The van der Waals surface area contributed by atoms with Crippen molar-refractivity contribution < 1.29 is 0 Å². The summed E-state index contributed by atoms with van der Waals surface area (Å²) in [6.07, 6.45) is 0.739. The molecule has 0 aliphatic carbocycles. The average molecular weight is 376 g/mol. The highest BCUT2D eigenvalue weighted by Gasteiger charge is 2.13. The first-order valence-corrected chi connectivity index (χ1v) is 9.20. The first-order valence-electron chi connectivity index (χ1n) is 9.20. The number of nitrogens with one attached hydrogen (secondary N) is 1. The highest BCUT2D eigenvalue weighted by atomic mass is 16.1. The molecule has 0 fully saturated rings. The second-order valence-electron chi connectivity index (χ2n) is 7.15. The molecule has 0 spiro atoms. The number of H-pyrrole nitrogens is 1. The highest BCUT2D eigenvalue weighted by Crippen LogP contribution is 2.24. The van der Waals surface area contributed by atoms with Gasteiger partial charge in [0.2, 0.25) is 0 Å². The SMILES string of the molecule is Cc1ccc(N=Nc2ccc(N=Nc3c(CC(C)C)[nH]n(C)c3=O)cc2)cc1. The van der Waals surface area contributed by atoms with E-state index in [1.54, 1.807) is 19.2 Å². The van der Waals surface area contributed by atoms with Gasteiger partial charge in [0.15, 0.2) is 5.69 Å². The van der Waals surface area contributed by atoms with Crippen molar-refractivity contribution in [2.45, 2.75) is 27.2 Å². The molecule has 3 aromatic rings. The molecular weight excluding hydrogens is 352 g/mol. The van der Waals surface area contributed by atoms with E-state index in [0.717, 1.165) is 23.5 Å². The van der Waals surface area contributed by atoms with Crippen molar-refractivity contribution in [2.75, 3.05) is 0 Å². The van der Waals surface area contributed by atoms with Crippen LogP contribution in [0.5, 0.6) is 0 Å². The minimum Gasteiger partial charge on any atom is -0.298 e. The number of aromatic amines is 1. The van der Waals surface area contributed by atoms with E-state index in [-0.39, 0.29) is 5.56 Å². The standard InChI is InChI=1S/C21H24N6O/c1-14(2)13-19-20(21(28)27(4)26-19)25-24-18-11-9-17(10-12-18)23-22-16-7-5-15(3)6-8-16/h5-12,14,26H,13H2,1-4H3. The van der Waals surface area contributed by atoms with Crippen molar-refractivity contribution in [1.29, 1.82) is 0 Å². The fourth-order valence-electron chi connectivity index (χ4n) is 2.67. The molecule has 7 heteroatoms. The van der Waals surface area contributed by atoms with Crippen molar-refractivity contribution in [1.82, 2.24) is 9.78 Å². The predicted octanol–water partition coefficient (Wildman–Crippen LogP) is 6.05. The van der Waals surface area contributed by atoms with Crippen LogP contribution in [0.25, 0.3) is 0 Å². The van der Waals surface area contributed by atoms with E-state index in [0.29, 0.717) is 17.3 Å². The van der Waals surface area contributed by atoms with Gasteiger partial charge in [0, 0.05) is 7.05 Å². The van der Waals surface area contributed by atoms with Crippen LogP contribution < -0.4 is 5.56 Å². The van der Waals surface area contributed by atoms with Crippen molar-refractivity contribution >= 4 is 22.7 Å². The molecule has 0 unspecified atom stereocenters. The molecule has 2 aromatic carbocycles. The van der Waals surface area contributed by atoms with Gasteiger partial charge < -0.3 is 0 Å². The maximum Gasteiger partial charge on any atom is 0.294 e. The Morgan fingerprint density at radius 1 is 0.857 bits per heavy atom. The van der Waals surface area contributed by atoms with E-state index in [1.165, 1.54) is 10.2 Å². The Morgan fingerprint density at radius 3 is 1.82 bits per heavy atom. The van der Waals surface area contributed by atoms with Crippen molar-refractivity contribution in [3.05, 3.63) is 70.1 Å². The Morgan fingerprint density at radius 2 is 1.32 bits per heavy atom. The molecule has 0 aliphatic rings. The van der Waals surface area contributed by atoms with E-state index in [2.05, 4.69) is 39.4 Å². The van der Waals surface area contributed by atoms with Crippen LogP contribution in [0.3, 0.4) is 0 Å². The van der Waals surface area contributed by atoms with Crippen LogP contribution in [0.15, 0.2) is 73.8 Å². The zero-order valence-electron chi connectivity index (χ0n) is 16.5. The number of nitrogens with zero attached hydrogens (tertiary/aromatic N) is 5. The smallest absolute Gasteiger partial charge is 0.294 e. The molecule has 7 nitrogen and oxygen atoms in total. The van der Waals surface area contributed by atoms with Gasteiger partial charge in [-0.15, -0.1) is 5.11 Å². The molecule has 1 heterocycles. The molecule has 0 amide bonds. The lowest BCUT2D eigenvalue weighted by molar-refractivity contribution is 0.618. The minimum absolute atomic E-state index is 0.178. The topological polar surface area (TPSA) is 87.2 Å². The molecule has 0 atom stereocenters. The number of rotatable bonds is 6. The maximum atomic E-state index is 12.2. The van der Waals surface area contributed by atoms with Crippen LogP contribution in [-0.4, -0.2) is 9.78 Å². The van der Waals surface area contributed by atoms with Gasteiger partial charge in [-0.3, -0.25) is 14.6 Å². The fourth-order valence-corrected chi connectivity index (χ4v) is 2.67. The van der Waals surface area contributed by atoms with Crippen LogP contribution in [-0.2, 0) is 13.5 Å². The second-order valence-corrected chi connectivity index (χ2v) is 7.15.